The minimum absolute atomic E-state index is 0.296. The molecule has 2 aromatic rings. The Labute approximate surface area is 118 Å². The monoisotopic (exact) mass is 275 g/mol. The fourth-order valence-corrected chi connectivity index (χ4v) is 2.20. The molecule has 0 aliphatic rings. The standard InChI is InChI=1S/C16H18FNO2/c1-11(2)10-18-9-8-14(15(18)16(19)20-3)12-4-6-13(17)7-5-12/h4-9,11H,10H2,1-3H3. The third-order valence-corrected chi connectivity index (χ3v) is 3.06. The van der Waals surface area contributed by atoms with Crippen LogP contribution in [0, 0.1) is 11.7 Å². The summed E-state index contributed by atoms with van der Waals surface area (Å²) in [5.41, 5.74) is 2.07. The van der Waals surface area contributed by atoms with Crippen molar-refractivity contribution in [1.82, 2.24) is 4.57 Å². The maximum absolute atomic E-state index is 13.0. The summed E-state index contributed by atoms with van der Waals surface area (Å²) < 4.78 is 19.8. The van der Waals surface area contributed by atoms with Crippen molar-refractivity contribution in [2.24, 2.45) is 5.92 Å². The van der Waals surface area contributed by atoms with Crippen LogP contribution in [0.4, 0.5) is 4.39 Å². The van der Waals surface area contributed by atoms with E-state index in [1.807, 2.05) is 16.8 Å². The molecule has 3 nitrogen and oxygen atoms in total. The Kier molecular flexibility index (Phi) is 4.23. The van der Waals surface area contributed by atoms with Gasteiger partial charge in [0, 0.05) is 18.3 Å². The van der Waals surface area contributed by atoms with E-state index in [4.69, 9.17) is 4.74 Å². The second-order valence-corrected chi connectivity index (χ2v) is 5.12. The highest BCUT2D eigenvalue weighted by atomic mass is 19.1. The van der Waals surface area contributed by atoms with Gasteiger partial charge in [0.15, 0.2) is 0 Å². The zero-order chi connectivity index (χ0) is 14.7. The second-order valence-electron chi connectivity index (χ2n) is 5.12. The average molecular weight is 275 g/mol. The van der Waals surface area contributed by atoms with E-state index in [0.29, 0.717) is 11.6 Å². The van der Waals surface area contributed by atoms with E-state index in [9.17, 15) is 9.18 Å². The Morgan fingerprint density at radius 2 is 1.90 bits per heavy atom. The van der Waals surface area contributed by atoms with E-state index < -0.39 is 0 Å². The number of nitrogens with zero attached hydrogens (tertiary/aromatic N) is 1. The van der Waals surface area contributed by atoms with Crippen LogP contribution in [-0.2, 0) is 11.3 Å². The van der Waals surface area contributed by atoms with E-state index >= 15 is 0 Å². The molecular formula is C16H18FNO2. The first-order valence-corrected chi connectivity index (χ1v) is 6.56. The molecule has 0 aliphatic carbocycles. The summed E-state index contributed by atoms with van der Waals surface area (Å²) >= 11 is 0. The molecule has 2 rings (SSSR count). The van der Waals surface area contributed by atoms with Crippen LogP contribution in [0.3, 0.4) is 0 Å². The van der Waals surface area contributed by atoms with Crippen LogP contribution in [0.25, 0.3) is 11.1 Å². The first-order chi connectivity index (χ1) is 9.52. The van der Waals surface area contributed by atoms with Crippen molar-refractivity contribution >= 4 is 5.97 Å². The van der Waals surface area contributed by atoms with Crippen molar-refractivity contribution in [3.05, 3.63) is 48.0 Å². The van der Waals surface area contributed by atoms with Crippen molar-refractivity contribution in [2.75, 3.05) is 7.11 Å². The Morgan fingerprint density at radius 3 is 2.45 bits per heavy atom. The Balaban J connectivity index is 2.50. The number of methoxy groups -OCH3 is 1. The maximum atomic E-state index is 13.0. The largest absolute Gasteiger partial charge is 0.464 e. The van der Waals surface area contributed by atoms with E-state index in [-0.39, 0.29) is 11.8 Å². The van der Waals surface area contributed by atoms with Crippen LogP contribution in [0.15, 0.2) is 36.5 Å². The van der Waals surface area contributed by atoms with Gasteiger partial charge in [0.1, 0.15) is 11.5 Å². The molecule has 0 saturated carbocycles. The highest BCUT2D eigenvalue weighted by molar-refractivity contribution is 5.95. The van der Waals surface area contributed by atoms with Gasteiger partial charge in [-0.2, -0.15) is 0 Å². The van der Waals surface area contributed by atoms with Crippen LogP contribution in [0.5, 0.6) is 0 Å². The first-order valence-electron chi connectivity index (χ1n) is 6.56. The van der Waals surface area contributed by atoms with Crippen LogP contribution in [0.1, 0.15) is 24.3 Å². The Bertz CT molecular complexity index is 599. The van der Waals surface area contributed by atoms with Crippen LogP contribution in [-0.4, -0.2) is 17.6 Å². The molecule has 0 saturated heterocycles. The zero-order valence-electron chi connectivity index (χ0n) is 11.9. The van der Waals surface area contributed by atoms with Gasteiger partial charge in [0.2, 0.25) is 0 Å². The van der Waals surface area contributed by atoms with E-state index in [1.165, 1.54) is 19.2 Å². The molecule has 0 unspecified atom stereocenters. The zero-order valence-corrected chi connectivity index (χ0v) is 11.9. The minimum Gasteiger partial charge on any atom is -0.464 e. The molecule has 1 aromatic carbocycles. The van der Waals surface area contributed by atoms with Gasteiger partial charge in [-0.1, -0.05) is 26.0 Å². The van der Waals surface area contributed by atoms with E-state index in [1.54, 1.807) is 12.1 Å². The smallest absolute Gasteiger partial charge is 0.355 e. The van der Waals surface area contributed by atoms with E-state index in [2.05, 4.69) is 13.8 Å². The molecule has 4 heteroatoms. The lowest BCUT2D eigenvalue weighted by molar-refractivity contribution is 0.0588. The third-order valence-electron chi connectivity index (χ3n) is 3.06. The third kappa shape index (κ3) is 2.90. The number of carbonyl (C=O) groups is 1. The molecule has 106 valence electrons. The molecule has 0 radical (unpaired) electrons. The van der Waals surface area contributed by atoms with Crippen LogP contribution in [0.2, 0.25) is 0 Å². The van der Waals surface area contributed by atoms with Gasteiger partial charge in [-0.3, -0.25) is 0 Å². The number of carbonyl (C=O) groups excluding carboxylic acids is 1. The number of aromatic nitrogens is 1. The van der Waals surface area contributed by atoms with Crippen molar-refractivity contribution in [3.63, 3.8) is 0 Å². The molecule has 0 amide bonds. The maximum Gasteiger partial charge on any atom is 0.355 e. The molecule has 0 N–H and O–H groups in total. The van der Waals surface area contributed by atoms with Gasteiger partial charge in [0.25, 0.3) is 0 Å². The number of esters is 1. The summed E-state index contributed by atoms with van der Waals surface area (Å²) in [6.45, 7) is 4.89. The Morgan fingerprint density at radius 1 is 1.25 bits per heavy atom. The molecule has 0 fully saturated rings. The predicted molar refractivity (Wildman–Crippen MR) is 76.0 cm³/mol. The van der Waals surface area contributed by atoms with Gasteiger partial charge < -0.3 is 9.30 Å². The molecule has 20 heavy (non-hydrogen) atoms. The number of hydrogen-bond acceptors (Lipinski definition) is 2. The lowest BCUT2D eigenvalue weighted by Gasteiger charge is -2.12. The molecule has 1 heterocycles. The van der Waals surface area contributed by atoms with Gasteiger partial charge in [-0.05, 0) is 29.7 Å². The summed E-state index contributed by atoms with van der Waals surface area (Å²) in [6, 6.07) is 7.96. The summed E-state index contributed by atoms with van der Waals surface area (Å²) in [4.78, 5) is 12.0. The molecule has 0 bridgehead atoms. The number of halogens is 1. The first kappa shape index (κ1) is 14.3. The molecular weight excluding hydrogens is 257 g/mol. The number of benzene rings is 1. The topological polar surface area (TPSA) is 31.2 Å². The average Bonchev–Trinajstić information content (AvgIpc) is 2.81. The van der Waals surface area contributed by atoms with Crippen LogP contribution >= 0.6 is 0 Å². The number of hydrogen-bond donors (Lipinski definition) is 0. The lowest BCUT2D eigenvalue weighted by atomic mass is 10.1. The number of rotatable bonds is 4. The summed E-state index contributed by atoms with van der Waals surface area (Å²) in [5.74, 6) is -0.267. The highest BCUT2D eigenvalue weighted by Gasteiger charge is 2.19. The van der Waals surface area contributed by atoms with Crippen molar-refractivity contribution < 1.29 is 13.9 Å². The number of ether oxygens (including phenoxy) is 1. The molecule has 0 atom stereocenters. The van der Waals surface area contributed by atoms with Gasteiger partial charge >= 0.3 is 5.97 Å². The fraction of sp³-hybridized carbons (Fsp3) is 0.312. The van der Waals surface area contributed by atoms with Gasteiger partial charge in [-0.15, -0.1) is 0 Å². The van der Waals surface area contributed by atoms with E-state index in [0.717, 1.165) is 17.7 Å². The minimum atomic E-state index is -0.380. The van der Waals surface area contributed by atoms with Crippen molar-refractivity contribution in [1.29, 1.82) is 0 Å². The van der Waals surface area contributed by atoms with Gasteiger partial charge in [-0.25, -0.2) is 9.18 Å². The highest BCUT2D eigenvalue weighted by Crippen LogP contribution is 2.26. The van der Waals surface area contributed by atoms with Gasteiger partial charge in [0.05, 0.1) is 7.11 Å². The lowest BCUT2D eigenvalue weighted by Crippen LogP contribution is -2.13. The predicted octanol–water partition coefficient (Wildman–Crippen LogP) is 3.74. The quantitative estimate of drug-likeness (QED) is 0.796. The molecule has 0 aliphatic heterocycles. The van der Waals surface area contributed by atoms with Crippen molar-refractivity contribution in [3.8, 4) is 11.1 Å². The molecule has 0 spiro atoms. The fourth-order valence-electron chi connectivity index (χ4n) is 2.20. The summed E-state index contributed by atoms with van der Waals surface area (Å²) in [7, 11) is 1.36. The normalized spacial score (nSPS) is 10.8. The Hall–Kier alpha value is -2.10. The molecule has 1 aromatic heterocycles. The second kappa shape index (κ2) is 5.90. The SMILES string of the molecule is COC(=O)c1c(-c2ccc(F)cc2)ccn1CC(C)C. The summed E-state index contributed by atoms with van der Waals surface area (Å²) in [6.07, 6.45) is 1.87. The van der Waals surface area contributed by atoms with Crippen molar-refractivity contribution in [2.45, 2.75) is 20.4 Å². The van der Waals surface area contributed by atoms with Crippen LogP contribution < -0.4 is 0 Å². The summed E-state index contributed by atoms with van der Waals surface area (Å²) in [5, 5.41) is 0.